The van der Waals surface area contributed by atoms with Gasteiger partial charge in [0.2, 0.25) is 0 Å². The standard InChI is InChI=1S/C18H32N2O/c1-6-21-18-10-8-7-9-16(18)17(19)13-20(11-14(2)3)12-15(4)5/h7-10,14-15,17H,6,11-13,19H2,1-5H3. The highest BCUT2D eigenvalue weighted by Crippen LogP contribution is 2.24. The minimum atomic E-state index is -0.00903. The highest BCUT2D eigenvalue weighted by atomic mass is 16.5. The monoisotopic (exact) mass is 292 g/mol. The molecular formula is C18H32N2O. The van der Waals surface area contributed by atoms with Gasteiger partial charge < -0.3 is 15.4 Å². The third-order valence-electron chi connectivity index (χ3n) is 3.32. The fourth-order valence-electron chi connectivity index (χ4n) is 2.71. The molecule has 0 aliphatic heterocycles. The Morgan fingerprint density at radius 2 is 1.57 bits per heavy atom. The maximum absolute atomic E-state index is 6.46. The highest BCUT2D eigenvalue weighted by Gasteiger charge is 2.17. The first-order valence-corrected chi connectivity index (χ1v) is 8.13. The molecule has 0 fully saturated rings. The van der Waals surface area contributed by atoms with E-state index in [1.807, 2.05) is 25.1 Å². The van der Waals surface area contributed by atoms with E-state index < -0.39 is 0 Å². The molecule has 1 atom stereocenters. The molecule has 0 saturated carbocycles. The molecule has 2 N–H and O–H groups in total. The van der Waals surface area contributed by atoms with Gasteiger partial charge in [0.05, 0.1) is 6.61 Å². The molecule has 0 spiro atoms. The number of hydrogen-bond donors (Lipinski definition) is 1. The first-order valence-electron chi connectivity index (χ1n) is 8.13. The molecule has 1 aromatic rings. The second kappa shape index (κ2) is 9.06. The molecule has 0 bridgehead atoms. The van der Waals surface area contributed by atoms with Crippen molar-refractivity contribution in [3.63, 3.8) is 0 Å². The lowest BCUT2D eigenvalue weighted by molar-refractivity contribution is 0.206. The lowest BCUT2D eigenvalue weighted by Crippen LogP contribution is -2.37. The van der Waals surface area contributed by atoms with Crippen LogP contribution in [0.15, 0.2) is 24.3 Å². The molecule has 1 unspecified atom stereocenters. The molecular weight excluding hydrogens is 260 g/mol. The Hall–Kier alpha value is -1.06. The zero-order valence-corrected chi connectivity index (χ0v) is 14.3. The smallest absolute Gasteiger partial charge is 0.124 e. The molecule has 3 heteroatoms. The van der Waals surface area contributed by atoms with Crippen molar-refractivity contribution in [2.45, 2.75) is 40.7 Å². The van der Waals surface area contributed by atoms with Crippen molar-refractivity contribution < 1.29 is 4.74 Å². The van der Waals surface area contributed by atoms with E-state index in [-0.39, 0.29) is 6.04 Å². The second-order valence-electron chi connectivity index (χ2n) is 6.58. The Morgan fingerprint density at radius 1 is 1.00 bits per heavy atom. The van der Waals surface area contributed by atoms with Gasteiger partial charge in [0.25, 0.3) is 0 Å². The Bertz CT molecular complexity index is 394. The van der Waals surface area contributed by atoms with Crippen LogP contribution < -0.4 is 10.5 Å². The Kier molecular flexibility index (Phi) is 7.76. The Labute approximate surface area is 130 Å². The number of nitrogens with two attached hydrogens (primary N) is 1. The maximum Gasteiger partial charge on any atom is 0.124 e. The summed E-state index contributed by atoms with van der Waals surface area (Å²) in [5.41, 5.74) is 7.56. The molecule has 0 heterocycles. The molecule has 3 nitrogen and oxygen atoms in total. The van der Waals surface area contributed by atoms with E-state index in [0.717, 1.165) is 30.9 Å². The fourth-order valence-corrected chi connectivity index (χ4v) is 2.71. The summed E-state index contributed by atoms with van der Waals surface area (Å²) in [7, 11) is 0. The zero-order chi connectivity index (χ0) is 15.8. The number of ether oxygens (including phenoxy) is 1. The molecule has 0 radical (unpaired) electrons. The van der Waals surface area contributed by atoms with Crippen LogP contribution in [-0.4, -0.2) is 31.1 Å². The first kappa shape index (κ1) is 18.0. The van der Waals surface area contributed by atoms with E-state index in [0.29, 0.717) is 18.4 Å². The highest BCUT2D eigenvalue weighted by molar-refractivity contribution is 5.35. The van der Waals surface area contributed by atoms with Crippen molar-refractivity contribution in [2.75, 3.05) is 26.2 Å². The van der Waals surface area contributed by atoms with Gasteiger partial charge in [-0.05, 0) is 24.8 Å². The van der Waals surface area contributed by atoms with Gasteiger partial charge in [0, 0.05) is 31.2 Å². The van der Waals surface area contributed by atoms with Crippen molar-refractivity contribution in [3.05, 3.63) is 29.8 Å². The minimum Gasteiger partial charge on any atom is -0.494 e. The van der Waals surface area contributed by atoms with Crippen LogP contribution in [0.5, 0.6) is 5.75 Å². The van der Waals surface area contributed by atoms with Gasteiger partial charge in [-0.25, -0.2) is 0 Å². The predicted molar refractivity (Wildman–Crippen MR) is 90.7 cm³/mol. The first-order chi connectivity index (χ1) is 9.93. The Morgan fingerprint density at radius 3 is 2.10 bits per heavy atom. The molecule has 1 rings (SSSR count). The molecule has 21 heavy (non-hydrogen) atoms. The molecule has 0 saturated heterocycles. The van der Waals surface area contributed by atoms with Gasteiger partial charge in [-0.1, -0.05) is 45.9 Å². The van der Waals surface area contributed by atoms with Crippen LogP contribution in [0.4, 0.5) is 0 Å². The molecule has 0 aromatic heterocycles. The molecule has 0 aliphatic rings. The van der Waals surface area contributed by atoms with Crippen LogP contribution in [0.1, 0.15) is 46.2 Å². The number of para-hydroxylation sites is 1. The quantitative estimate of drug-likeness (QED) is 0.754. The van der Waals surface area contributed by atoms with Crippen molar-refractivity contribution in [1.29, 1.82) is 0 Å². The van der Waals surface area contributed by atoms with Crippen molar-refractivity contribution in [1.82, 2.24) is 4.90 Å². The third kappa shape index (κ3) is 6.49. The summed E-state index contributed by atoms with van der Waals surface area (Å²) >= 11 is 0. The van der Waals surface area contributed by atoms with Crippen LogP contribution in [0.3, 0.4) is 0 Å². The predicted octanol–water partition coefficient (Wildman–Crippen LogP) is 3.70. The van der Waals surface area contributed by atoms with Gasteiger partial charge in [0.1, 0.15) is 5.75 Å². The minimum absolute atomic E-state index is 0.00903. The lowest BCUT2D eigenvalue weighted by atomic mass is 10.0. The number of rotatable bonds is 9. The summed E-state index contributed by atoms with van der Waals surface area (Å²) < 4.78 is 5.70. The van der Waals surface area contributed by atoms with Crippen molar-refractivity contribution in [3.8, 4) is 5.75 Å². The van der Waals surface area contributed by atoms with Crippen LogP contribution >= 0.6 is 0 Å². The molecule has 0 amide bonds. The summed E-state index contributed by atoms with van der Waals surface area (Å²) in [4.78, 5) is 2.47. The normalized spacial score (nSPS) is 13.2. The zero-order valence-electron chi connectivity index (χ0n) is 14.3. The van der Waals surface area contributed by atoms with Gasteiger partial charge in [-0.15, -0.1) is 0 Å². The number of benzene rings is 1. The van der Waals surface area contributed by atoms with Gasteiger partial charge >= 0.3 is 0 Å². The topological polar surface area (TPSA) is 38.5 Å². The SMILES string of the molecule is CCOc1ccccc1C(N)CN(CC(C)C)CC(C)C. The van der Waals surface area contributed by atoms with E-state index in [2.05, 4.69) is 38.7 Å². The summed E-state index contributed by atoms with van der Waals surface area (Å²) in [5.74, 6) is 2.22. The fraction of sp³-hybridized carbons (Fsp3) is 0.667. The van der Waals surface area contributed by atoms with E-state index in [9.17, 15) is 0 Å². The summed E-state index contributed by atoms with van der Waals surface area (Å²) in [6, 6.07) is 8.12. The van der Waals surface area contributed by atoms with Crippen LogP contribution in [0.25, 0.3) is 0 Å². The van der Waals surface area contributed by atoms with E-state index in [4.69, 9.17) is 10.5 Å². The molecule has 1 aromatic carbocycles. The van der Waals surface area contributed by atoms with Crippen molar-refractivity contribution >= 4 is 0 Å². The van der Waals surface area contributed by atoms with E-state index in [1.54, 1.807) is 0 Å². The average Bonchev–Trinajstić information content (AvgIpc) is 2.38. The maximum atomic E-state index is 6.46. The van der Waals surface area contributed by atoms with E-state index in [1.165, 1.54) is 0 Å². The van der Waals surface area contributed by atoms with Crippen LogP contribution in [0.2, 0.25) is 0 Å². The van der Waals surface area contributed by atoms with Gasteiger partial charge in [-0.2, -0.15) is 0 Å². The third-order valence-corrected chi connectivity index (χ3v) is 3.32. The van der Waals surface area contributed by atoms with Gasteiger partial charge in [-0.3, -0.25) is 0 Å². The second-order valence-corrected chi connectivity index (χ2v) is 6.58. The number of hydrogen-bond acceptors (Lipinski definition) is 3. The van der Waals surface area contributed by atoms with Crippen LogP contribution in [-0.2, 0) is 0 Å². The molecule has 0 aliphatic carbocycles. The summed E-state index contributed by atoms with van der Waals surface area (Å²) in [6.07, 6.45) is 0. The number of nitrogens with zero attached hydrogens (tertiary/aromatic N) is 1. The van der Waals surface area contributed by atoms with Crippen molar-refractivity contribution in [2.24, 2.45) is 17.6 Å². The molecule has 120 valence electrons. The summed E-state index contributed by atoms with van der Waals surface area (Å²) in [6.45, 7) is 14.8. The average molecular weight is 292 g/mol. The lowest BCUT2D eigenvalue weighted by Gasteiger charge is -2.29. The van der Waals surface area contributed by atoms with E-state index >= 15 is 0 Å². The Balaban J connectivity index is 2.78. The van der Waals surface area contributed by atoms with Crippen LogP contribution in [0, 0.1) is 11.8 Å². The van der Waals surface area contributed by atoms with Gasteiger partial charge in [0.15, 0.2) is 0 Å². The largest absolute Gasteiger partial charge is 0.494 e. The summed E-state index contributed by atoms with van der Waals surface area (Å²) in [5, 5.41) is 0.